The van der Waals surface area contributed by atoms with Gasteiger partial charge in [-0.15, -0.1) is 0 Å². The van der Waals surface area contributed by atoms with E-state index in [-0.39, 0.29) is 40.3 Å². The number of carbonyl (C=O) groups excluding carboxylic acids is 3. The molecule has 0 heterocycles. The van der Waals surface area contributed by atoms with Crippen molar-refractivity contribution in [3.8, 4) is 0 Å². The number of sulfone groups is 1. The Labute approximate surface area is 229 Å². The minimum atomic E-state index is -3.67. The quantitative estimate of drug-likeness (QED) is 0.488. The van der Waals surface area contributed by atoms with Gasteiger partial charge in [0, 0.05) is 6.42 Å². The molecule has 0 unspecified atom stereocenters. The molecule has 3 fully saturated rings. The molecule has 4 aliphatic rings. The SMILES string of the molecule is C[C@]12C[C@H](O)[C@H]3[C@@H](CCC4=CC(=O)CC[C@@]43C)[C@@H]1C[C@@H](OC(=O)CCS(=O)(=O)c1ccccc1)[C@@H]2C(=O)CO. The van der Waals surface area contributed by atoms with Crippen LogP contribution in [-0.2, 0) is 29.0 Å². The Bertz CT molecular complexity index is 1290. The van der Waals surface area contributed by atoms with Gasteiger partial charge in [0.1, 0.15) is 12.7 Å². The largest absolute Gasteiger partial charge is 0.462 e. The molecule has 8 atom stereocenters. The Morgan fingerprint density at radius 3 is 2.54 bits per heavy atom. The van der Waals surface area contributed by atoms with E-state index in [9.17, 15) is 33.0 Å². The molecule has 0 spiro atoms. The topological polar surface area (TPSA) is 135 Å². The van der Waals surface area contributed by atoms with E-state index in [0.29, 0.717) is 25.7 Å². The molecule has 9 heteroatoms. The molecule has 2 N–H and O–H groups in total. The number of benzene rings is 1. The summed E-state index contributed by atoms with van der Waals surface area (Å²) >= 11 is 0. The van der Waals surface area contributed by atoms with Crippen molar-refractivity contribution in [3.63, 3.8) is 0 Å². The summed E-state index contributed by atoms with van der Waals surface area (Å²) < 4.78 is 31.1. The second kappa shape index (κ2) is 10.2. The minimum absolute atomic E-state index is 0.0201. The molecule has 5 rings (SSSR count). The van der Waals surface area contributed by atoms with Crippen LogP contribution in [0, 0.1) is 34.5 Å². The summed E-state index contributed by atoms with van der Waals surface area (Å²) in [4.78, 5) is 38.3. The van der Waals surface area contributed by atoms with E-state index >= 15 is 0 Å². The number of Topliss-reactive ketones (excluding diaryl/α,β-unsaturated/α-hetero) is 1. The van der Waals surface area contributed by atoms with E-state index in [4.69, 9.17) is 4.74 Å². The highest BCUT2D eigenvalue weighted by molar-refractivity contribution is 7.91. The van der Waals surface area contributed by atoms with Crippen molar-refractivity contribution < 1.29 is 37.8 Å². The van der Waals surface area contributed by atoms with Crippen molar-refractivity contribution in [1.29, 1.82) is 0 Å². The predicted octanol–water partition coefficient (Wildman–Crippen LogP) is 3.05. The van der Waals surface area contributed by atoms with E-state index in [1.807, 2.05) is 6.92 Å². The Balaban J connectivity index is 1.37. The number of aliphatic hydroxyl groups excluding tert-OH is 2. The van der Waals surface area contributed by atoms with Gasteiger partial charge in [0.05, 0.1) is 29.1 Å². The first-order chi connectivity index (χ1) is 18.4. The zero-order valence-corrected chi connectivity index (χ0v) is 23.4. The molecule has 212 valence electrons. The number of rotatable bonds is 7. The second-order valence-electron chi connectivity index (χ2n) is 12.4. The fourth-order valence-electron chi connectivity index (χ4n) is 8.66. The number of hydrogen-bond donors (Lipinski definition) is 2. The normalized spacial score (nSPS) is 37.7. The summed E-state index contributed by atoms with van der Waals surface area (Å²) in [5, 5.41) is 21.4. The number of esters is 1. The smallest absolute Gasteiger partial charge is 0.307 e. The molecule has 8 nitrogen and oxygen atoms in total. The molecule has 1 aromatic carbocycles. The lowest BCUT2D eigenvalue weighted by Crippen LogP contribution is -2.57. The van der Waals surface area contributed by atoms with Crippen LogP contribution in [0.1, 0.15) is 58.8 Å². The molecular weight excluding hydrogens is 520 g/mol. The molecule has 4 aliphatic carbocycles. The Hall–Kier alpha value is -2.36. The van der Waals surface area contributed by atoms with Crippen LogP contribution < -0.4 is 0 Å². The summed E-state index contributed by atoms with van der Waals surface area (Å²) in [6.07, 6.45) is 3.35. The molecule has 0 bridgehead atoms. The summed E-state index contributed by atoms with van der Waals surface area (Å²) in [7, 11) is -3.67. The van der Waals surface area contributed by atoms with Crippen LogP contribution >= 0.6 is 0 Å². The molecule has 3 saturated carbocycles. The molecular formula is C30H38O8S. The van der Waals surface area contributed by atoms with Crippen LogP contribution in [0.2, 0.25) is 0 Å². The van der Waals surface area contributed by atoms with Gasteiger partial charge in [-0.05, 0) is 78.9 Å². The van der Waals surface area contributed by atoms with Gasteiger partial charge in [-0.2, -0.15) is 0 Å². The zero-order valence-electron chi connectivity index (χ0n) is 22.5. The number of carbonyl (C=O) groups is 3. The fraction of sp³-hybridized carbons (Fsp3) is 0.633. The number of aliphatic hydroxyl groups is 2. The lowest BCUT2D eigenvalue weighted by Gasteiger charge is -2.59. The summed E-state index contributed by atoms with van der Waals surface area (Å²) in [6.45, 7) is 3.41. The van der Waals surface area contributed by atoms with E-state index in [2.05, 4.69) is 6.92 Å². The van der Waals surface area contributed by atoms with Gasteiger partial charge in [0.15, 0.2) is 21.4 Å². The van der Waals surface area contributed by atoms with Crippen LogP contribution in [0.15, 0.2) is 46.9 Å². The highest BCUT2D eigenvalue weighted by Gasteiger charge is 2.66. The average molecular weight is 559 g/mol. The van der Waals surface area contributed by atoms with Gasteiger partial charge in [-0.1, -0.05) is 37.6 Å². The van der Waals surface area contributed by atoms with Crippen LogP contribution in [-0.4, -0.2) is 60.7 Å². The second-order valence-corrected chi connectivity index (χ2v) is 14.5. The number of hydrogen-bond acceptors (Lipinski definition) is 8. The first-order valence-electron chi connectivity index (χ1n) is 13.9. The fourth-order valence-corrected chi connectivity index (χ4v) is 9.90. The monoisotopic (exact) mass is 558 g/mol. The van der Waals surface area contributed by atoms with Crippen LogP contribution in [0.5, 0.6) is 0 Å². The van der Waals surface area contributed by atoms with E-state index < -0.39 is 57.5 Å². The number of ether oxygens (including phenoxy) is 1. The van der Waals surface area contributed by atoms with Crippen molar-refractivity contribution in [2.45, 2.75) is 75.9 Å². The summed E-state index contributed by atoms with van der Waals surface area (Å²) in [6, 6.07) is 7.91. The third-order valence-electron chi connectivity index (χ3n) is 10.4. The van der Waals surface area contributed by atoms with Gasteiger partial charge >= 0.3 is 5.97 Å². The number of allylic oxidation sites excluding steroid dienone is 1. The maximum absolute atomic E-state index is 13.1. The van der Waals surface area contributed by atoms with Gasteiger partial charge in [0.2, 0.25) is 0 Å². The summed E-state index contributed by atoms with van der Waals surface area (Å²) in [5.41, 5.74) is 0.129. The lowest BCUT2D eigenvalue weighted by molar-refractivity contribution is -0.157. The molecule has 0 radical (unpaired) electrons. The molecule has 0 amide bonds. The third-order valence-corrected chi connectivity index (χ3v) is 12.1. The Morgan fingerprint density at radius 1 is 1.13 bits per heavy atom. The van der Waals surface area contributed by atoms with E-state index in [1.165, 1.54) is 12.1 Å². The van der Waals surface area contributed by atoms with Crippen molar-refractivity contribution in [1.82, 2.24) is 0 Å². The van der Waals surface area contributed by atoms with Crippen molar-refractivity contribution in [3.05, 3.63) is 42.0 Å². The highest BCUT2D eigenvalue weighted by Crippen LogP contribution is 2.67. The van der Waals surface area contributed by atoms with Gasteiger partial charge < -0.3 is 14.9 Å². The van der Waals surface area contributed by atoms with Crippen LogP contribution in [0.4, 0.5) is 0 Å². The molecule has 39 heavy (non-hydrogen) atoms. The standard InChI is InChI=1S/C30H38O8S/c1-29-12-10-19(32)14-18(29)8-9-21-22-15-25(28(24(34)17-31)30(22,2)16-23(33)27(21)29)38-26(35)11-13-39(36,37)20-6-4-3-5-7-20/h3-7,14,21-23,25,27-28,31,33H,8-13,15-17H2,1-2H3/t21-,22-,23-,25+,27+,28-,29-,30-/m0/s1. The highest BCUT2D eigenvalue weighted by atomic mass is 32.2. The van der Waals surface area contributed by atoms with Crippen molar-refractivity contribution >= 4 is 27.4 Å². The number of fused-ring (bicyclic) bond motifs is 5. The van der Waals surface area contributed by atoms with Crippen LogP contribution in [0.3, 0.4) is 0 Å². The summed E-state index contributed by atoms with van der Waals surface area (Å²) in [5.74, 6) is -2.19. The van der Waals surface area contributed by atoms with Gasteiger partial charge in [0.25, 0.3) is 0 Å². The maximum atomic E-state index is 13.1. The maximum Gasteiger partial charge on any atom is 0.307 e. The first-order valence-corrected chi connectivity index (χ1v) is 15.6. The van der Waals surface area contributed by atoms with Crippen molar-refractivity contribution in [2.75, 3.05) is 12.4 Å². The first kappa shape index (κ1) is 28.2. The molecule has 0 saturated heterocycles. The molecule has 0 aromatic heterocycles. The third kappa shape index (κ3) is 4.80. The zero-order chi connectivity index (χ0) is 28.2. The van der Waals surface area contributed by atoms with E-state index in [1.54, 1.807) is 24.3 Å². The van der Waals surface area contributed by atoms with Crippen LogP contribution in [0.25, 0.3) is 0 Å². The van der Waals surface area contributed by atoms with Crippen molar-refractivity contribution in [2.24, 2.45) is 34.5 Å². The van der Waals surface area contributed by atoms with Gasteiger partial charge in [-0.25, -0.2) is 8.42 Å². The number of ketones is 2. The van der Waals surface area contributed by atoms with E-state index in [0.717, 1.165) is 18.4 Å². The van der Waals surface area contributed by atoms with Gasteiger partial charge in [-0.3, -0.25) is 14.4 Å². The minimum Gasteiger partial charge on any atom is -0.462 e. The average Bonchev–Trinajstić information content (AvgIpc) is 3.18. The lowest BCUT2D eigenvalue weighted by atomic mass is 9.46. The Morgan fingerprint density at radius 2 is 1.85 bits per heavy atom. The predicted molar refractivity (Wildman–Crippen MR) is 142 cm³/mol. The molecule has 0 aliphatic heterocycles. The molecule has 1 aromatic rings. The Kier molecular flexibility index (Phi) is 7.40.